The van der Waals surface area contributed by atoms with Gasteiger partial charge in [-0.05, 0) is 25.0 Å². The third kappa shape index (κ3) is 5.25. The number of aryl methyl sites for hydroxylation is 2. The molecule has 0 heterocycles. The van der Waals surface area contributed by atoms with Crippen LogP contribution in [-0.4, -0.2) is 11.5 Å². The van der Waals surface area contributed by atoms with E-state index in [-0.39, 0.29) is 10.8 Å². The molecule has 0 aliphatic rings. The minimum absolute atomic E-state index is 0.0393. The zero-order valence-corrected chi connectivity index (χ0v) is 14.7. The van der Waals surface area contributed by atoms with E-state index in [0.29, 0.717) is 0 Å². The highest BCUT2D eigenvalue weighted by molar-refractivity contribution is 7.99. The summed E-state index contributed by atoms with van der Waals surface area (Å²) in [5, 5.41) is 0.0787. The summed E-state index contributed by atoms with van der Waals surface area (Å²) in [4.78, 5) is 0. The van der Waals surface area contributed by atoms with Gasteiger partial charge in [0, 0.05) is 11.5 Å². The van der Waals surface area contributed by atoms with Crippen LogP contribution in [0.25, 0.3) is 0 Å². The van der Waals surface area contributed by atoms with Gasteiger partial charge in [-0.25, -0.2) is 0 Å². The number of alkyl halides is 2. The molecule has 0 nitrogen and oxygen atoms in total. The van der Waals surface area contributed by atoms with Gasteiger partial charge < -0.3 is 0 Å². The smallest absolute Gasteiger partial charge is 0.0675 e. The maximum absolute atomic E-state index is 6.44. The van der Waals surface area contributed by atoms with Gasteiger partial charge in [-0.15, -0.1) is 23.2 Å². The van der Waals surface area contributed by atoms with Crippen LogP contribution in [0.2, 0.25) is 0 Å². The monoisotopic (exact) mass is 338 g/mol. The molecular weight excluding hydrogens is 319 g/mol. The second kappa shape index (κ2) is 8.12. The molecule has 0 saturated heterocycles. The van der Waals surface area contributed by atoms with Gasteiger partial charge in [-0.3, -0.25) is 0 Å². The van der Waals surface area contributed by atoms with Crippen LogP contribution >= 0.6 is 35.0 Å². The Morgan fingerprint density at radius 3 is 1.38 bits per heavy atom. The third-order valence-electron chi connectivity index (χ3n) is 3.41. The van der Waals surface area contributed by atoms with Crippen molar-refractivity contribution in [3.8, 4) is 0 Å². The lowest BCUT2D eigenvalue weighted by Gasteiger charge is -2.13. The molecule has 0 N–H and O–H groups in total. The fraction of sp³-hybridized carbons (Fsp3) is 0.333. The van der Waals surface area contributed by atoms with Crippen LogP contribution in [0.5, 0.6) is 0 Å². The maximum atomic E-state index is 6.44. The van der Waals surface area contributed by atoms with Gasteiger partial charge in [0.2, 0.25) is 0 Å². The molecular formula is C18H20Cl2S. The van der Waals surface area contributed by atoms with Gasteiger partial charge in [-0.1, -0.05) is 59.7 Å². The van der Waals surface area contributed by atoms with Crippen molar-refractivity contribution >= 4 is 35.0 Å². The van der Waals surface area contributed by atoms with E-state index >= 15 is 0 Å². The molecule has 3 heteroatoms. The van der Waals surface area contributed by atoms with E-state index in [1.54, 1.807) is 11.8 Å². The van der Waals surface area contributed by atoms with Crippen molar-refractivity contribution in [2.24, 2.45) is 0 Å². The highest BCUT2D eigenvalue weighted by Crippen LogP contribution is 2.30. The van der Waals surface area contributed by atoms with Gasteiger partial charge in [0.25, 0.3) is 0 Å². The van der Waals surface area contributed by atoms with Crippen LogP contribution in [0.3, 0.4) is 0 Å². The molecule has 2 unspecified atom stereocenters. The molecule has 0 aromatic heterocycles. The lowest BCUT2D eigenvalue weighted by molar-refractivity contribution is 1.07. The van der Waals surface area contributed by atoms with Crippen molar-refractivity contribution in [1.82, 2.24) is 0 Å². The summed E-state index contributed by atoms with van der Waals surface area (Å²) in [7, 11) is 0. The molecule has 2 rings (SSSR count). The lowest BCUT2D eigenvalue weighted by Crippen LogP contribution is -1.99. The van der Waals surface area contributed by atoms with E-state index in [1.165, 1.54) is 22.3 Å². The summed E-state index contributed by atoms with van der Waals surface area (Å²) in [6, 6.07) is 16.8. The van der Waals surface area contributed by atoms with E-state index in [1.807, 2.05) is 0 Å². The number of halogens is 2. The van der Waals surface area contributed by atoms with Crippen LogP contribution in [0.15, 0.2) is 48.5 Å². The maximum Gasteiger partial charge on any atom is 0.0675 e. The zero-order valence-electron chi connectivity index (χ0n) is 12.4. The molecule has 0 bridgehead atoms. The Labute approximate surface area is 141 Å². The Kier molecular flexibility index (Phi) is 6.47. The molecule has 0 fully saturated rings. The number of benzene rings is 2. The molecule has 2 aromatic carbocycles. The van der Waals surface area contributed by atoms with E-state index in [9.17, 15) is 0 Å². The average molecular weight is 339 g/mol. The summed E-state index contributed by atoms with van der Waals surface area (Å²) in [5.74, 6) is 1.75. The SMILES string of the molecule is Cc1ccc(C(Cl)CSCC(Cl)c2ccc(C)cc2)cc1. The number of hydrogen-bond donors (Lipinski definition) is 0. The van der Waals surface area contributed by atoms with Gasteiger partial charge >= 0.3 is 0 Å². The van der Waals surface area contributed by atoms with Crippen LogP contribution < -0.4 is 0 Å². The van der Waals surface area contributed by atoms with Crippen LogP contribution in [0.4, 0.5) is 0 Å². The summed E-state index contributed by atoms with van der Waals surface area (Å²) in [5.41, 5.74) is 4.87. The van der Waals surface area contributed by atoms with Crippen molar-refractivity contribution < 1.29 is 0 Å². The Hall–Kier alpha value is -0.630. The molecule has 2 atom stereocenters. The average Bonchev–Trinajstić information content (AvgIpc) is 2.48. The predicted molar refractivity (Wildman–Crippen MR) is 96.9 cm³/mol. The van der Waals surface area contributed by atoms with E-state index in [0.717, 1.165) is 11.5 Å². The Morgan fingerprint density at radius 2 is 1.05 bits per heavy atom. The quantitative estimate of drug-likeness (QED) is 0.557. The molecule has 0 aliphatic heterocycles. The van der Waals surface area contributed by atoms with Crippen LogP contribution in [0.1, 0.15) is 33.0 Å². The molecule has 112 valence electrons. The van der Waals surface area contributed by atoms with Crippen LogP contribution in [-0.2, 0) is 0 Å². The molecule has 21 heavy (non-hydrogen) atoms. The second-order valence-corrected chi connectivity index (χ2v) is 7.42. The molecule has 0 amide bonds. The van der Waals surface area contributed by atoms with E-state index in [2.05, 4.69) is 62.4 Å². The fourth-order valence-corrected chi connectivity index (χ4v) is 3.78. The van der Waals surface area contributed by atoms with Crippen molar-refractivity contribution in [2.75, 3.05) is 11.5 Å². The van der Waals surface area contributed by atoms with Crippen molar-refractivity contribution in [2.45, 2.75) is 24.6 Å². The van der Waals surface area contributed by atoms with Crippen LogP contribution in [0, 0.1) is 13.8 Å². The molecule has 0 aliphatic carbocycles. The summed E-state index contributed by atoms with van der Waals surface area (Å²) in [6.45, 7) is 4.17. The zero-order chi connectivity index (χ0) is 15.2. The highest BCUT2D eigenvalue weighted by atomic mass is 35.5. The largest absolute Gasteiger partial charge is 0.158 e. The summed E-state index contributed by atoms with van der Waals surface area (Å²) < 4.78 is 0. The highest BCUT2D eigenvalue weighted by Gasteiger charge is 2.11. The van der Waals surface area contributed by atoms with Crippen molar-refractivity contribution in [1.29, 1.82) is 0 Å². The molecule has 0 spiro atoms. The van der Waals surface area contributed by atoms with E-state index < -0.39 is 0 Å². The molecule has 2 aromatic rings. The molecule has 0 radical (unpaired) electrons. The number of hydrogen-bond acceptors (Lipinski definition) is 1. The first-order valence-electron chi connectivity index (χ1n) is 7.05. The Morgan fingerprint density at radius 1 is 0.714 bits per heavy atom. The summed E-state index contributed by atoms with van der Waals surface area (Å²) in [6.07, 6.45) is 0. The first-order chi connectivity index (χ1) is 10.1. The predicted octanol–water partition coefficient (Wildman–Crippen LogP) is 6.30. The first-order valence-corrected chi connectivity index (χ1v) is 9.08. The Balaban J connectivity index is 1.80. The second-order valence-electron chi connectivity index (χ2n) is 5.29. The molecule has 0 saturated carbocycles. The Bertz CT molecular complexity index is 497. The van der Waals surface area contributed by atoms with Crippen molar-refractivity contribution in [3.63, 3.8) is 0 Å². The van der Waals surface area contributed by atoms with Gasteiger partial charge in [0.15, 0.2) is 0 Å². The topological polar surface area (TPSA) is 0 Å². The van der Waals surface area contributed by atoms with E-state index in [4.69, 9.17) is 23.2 Å². The fourth-order valence-electron chi connectivity index (χ4n) is 2.02. The number of thioether (sulfide) groups is 1. The standard InChI is InChI=1S/C18H20Cl2S/c1-13-3-7-15(8-4-13)17(19)11-21-12-18(20)16-9-5-14(2)6-10-16/h3-10,17-18H,11-12H2,1-2H3. The normalized spacial score (nSPS) is 13.9. The first kappa shape index (κ1) is 16.7. The minimum atomic E-state index is 0.0393. The van der Waals surface area contributed by atoms with Gasteiger partial charge in [-0.2, -0.15) is 11.8 Å². The number of rotatable bonds is 6. The van der Waals surface area contributed by atoms with Gasteiger partial charge in [0.05, 0.1) is 10.8 Å². The van der Waals surface area contributed by atoms with Gasteiger partial charge in [0.1, 0.15) is 0 Å². The lowest BCUT2D eigenvalue weighted by atomic mass is 10.1. The van der Waals surface area contributed by atoms with Crippen molar-refractivity contribution in [3.05, 3.63) is 70.8 Å². The summed E-state index contributed by atoms with van der Waals surface area (Å²) >= 11 is 14.7. The minimum Gasteiger partial charge on any atom is -0.158 e. The third-order valence-corrected chi connectivity index (χ3v) is 5.72.